The Morgan fingerprint density at radius 1 is 1.39 bits per heavy atom. The van der Waals surface area contributed by atoms with Crippen molar-refractivity contribution in [3.8, 4) is 0 Å². The minimum absolute atomic E-state index is 0.116. The third kappa shape index (κ3) is 3.57. The summed E-state index contributed by atoms with van der Waals surface area (Å²) in [6.45, 7) is 8.95. The molecule has 1 aromatic heterocycles. The molecule has 0 saturated heterocycles. The maximum Gasteiger partial charge on any atom is 0.138 e. The first-order chi connectivity index (χ1) is 8.25. The summed E-state index contributed by atoms with van der Waals surface area (Å²) in [5.74, 6) is 2.09. The van der Waals surface area contributed by atoms with Crippen molar-refractivity contribution in [2.24, 2.45) is 0 Å². The highest BCUT2D eigenvalue weighted by molar-refractivity contribution is 5.47. The predicted octanol–water partition coefficient (Wildman–Crippen LogP) is 1.83. The van der Waals surface area contributed by atoms with Crippen LogP contribution in [0.4, 0.5) is 11.6 Å². The van der Waals surface area contributed by atoms with Gasteiger partial charge in [-0.25, -0.2) is 9.97 Å². The van der Waals surface area contributed by atoms with Crippen molar-refractivity contribution in [1.29, 1.82) is 0 Å². The van der Waals surface area contributed by atoms with Gasteiger partial charge in [-0.2, -0.15) is 0 Å². The van der Waals surface area contributed by atoms with Gasteiger partial charge in [0.25, 0.3) is 0 Å². The van der Waals surface area contributed by atoms with E-state index in [1.165, 1.54) is 0 Å². The monoisotopic (exact) mass is 252 g/mol. The summed E-state index contributed by atoms with van der Waals surface area (Å²) < 4.78 is 5.16. The Balaban J connectivity index is 3.06. The van der Waals surface area contributed by atoms with Gasteiger partial charge in [0.1, 0.15) is 17.5 Å². The summed E-state index contributed by atoms with van der Waals surface area (Å²) in [5.41, 5.74) is 5.74. The van der Waals surface area contributed by atoms with Crippen LogP contribution in [0.25, 0.3) is 0 Å². The number of hydrogen-bond acceptors (Lipinski definition) is 5. The number of nitrogens with two attached hydrogens (primary N) is 1. The molecule has 1 heterocycles. The van der Waals surface area contributed by atoms with Crippen LogP contribution in [0.5, 0.6) is 0 Å². The first kappa shape index (κ1) is 14.7. The zero-order valence-corrected chi connectivity index (χ0v) is 12.2. The highest BCUT2D eigenvalue weighted by Crippen LogP contribution is 2.23. The van der Waals surface area contributed by atoms with Crippen molar-refractivity contribution in [2.75, 3.05) is 31.4 Å². The lowest BCUT2D eigenvalue weighted by atomic mass is 9.96. The van der Waals surface area contributed by atoms with Crippen LogP contribution in [0.3, 0.4) is 0 Å². The SMILES string of the molecule is COCC(C)N(C)c1cc(N)nc(C(C)(C)C)n1. The van der Waals surface area contributed by atoms with Crippen LogP contribution in [0.2, 0.25) is 0 Å². The lowest BCUT2D eigenvalue weighted by molar-refractivity contribution is 0.183. The van der Waals surface area contributed by atoms with Gasteiger partial charge in [-0.1, -0.05) is 20.8 Å². The number of likely N-dealkylation sites (N-methyl/N-ethyl adjacent to an activating group) is 1. The Labute approximate surface area is 109 Å². The number of aromatic nitrogens is 2. The van der Waals surface area contributed by atoms with Crippen LogP contribution in [-0.4, -0.2) is 36.8 Å². The van der Waals surface area contributed by atoms with Crippen molar-refractivity contribution >= 4 is 11.6 Å². The standard InChI is InChI=1S/C13H24N4O/c1-9(8-18-6)17(5)11-7-10(14)15-12(16-11)13(2,3)4/h7,9H,8H2,1-6H3,(H2,14,15,16). The maximum absolute atomic E-state index is 5.86. The quantitative estimate of drug-likeness (QED) is 0.885. The van der Waals surface area contributed by atoms with Crippen molar-refractivity contribution < 1.29 is 4.74 Å². The molecule has 0 aliphatic rings. The molecule has 1 unspecified atom stereocenters. The van der Waals surface area contributed by atoms with E-state index in [2.05, 4.69) is 42.6 Å². The molecule has 5 nitrogen and oxygen atoms in total. The largest absolute Gasteiger partial charge is 0.384 e. The smallest absolute Gasteiger partial charge is 0.138 e. The first-order valence-electron chi connectivity index (χ1n) is 6.12. The Kier molecular flexibility index (Phi) is 4.51. The van der Waals surface area contributed by atoms with Crippen molar-refractivity contribution in [1.82, 2.24) is 9.97 Å². The fourth-order valence-electron chi connectivity index (χ4n) is 1.55. The minimum Gasteiger partial charge on any atom is -0.384 e. The molecule has 0 bridgehead atoms. The van der Waals surface area contributed by atoms with Gasteiger partial charge in [0.15, 0.2) is 0 Å². The molecule has 0 saturated carbocycles. The Morgan fingerprint density at radius 3 is 2.50 bits per heavy atom. The summed E-state index contributed by atoms with van der Waals surface area (Å²) in [6.07, 6.45) is 0. The third-order valence-corrected chi connectivity index (χ3v) is 2.83. The third-order valence-electron chi connectivity index (χ3n) is 2.83. The molecule has 0 amide bonds. The van der Waals surface area contributed by atoms with E-state index in [0.29, 0.717) is 12.4 Å². The number of ether oxygens (including phenoxy) is 1. The van der Waals surface area contributed by atoms with Gasteiger partial charge in [-0.05, 0) is 6.92 Å². The van der Waals surface area contributed by atoms with E-state index in [1.807, 2.05) is 7.05 Å². The summed E-state index contributed by atoms with van der Waals surface area (Å²) in [6, 6.07) is 2.03. The molecule has 1 aromatic rings. The van der Waals surface area contributed by atoms with Gasteiger partial charge in [-0.15, -0.1) is 0 Å². The molecule has 0 radical (unpaired) electrons. The number of nitrogens with zero attached hydrogens (tertiary/aromatic N) is 3. The molecule has 1 atom stereocenters. The second kappa shape index (κ2) is 5.52. The molecular weight excluding hydrogens is 228 g/mol. The molecule has 0 aromatic carbocycles. The van der Waals surface area contributed by atoms with Crippen LogP contribution >= 0.6 is 0 Å². The molecule has 5 heteroatoms. The number of methoxy groups -OCH3 is 1. The average Bonchev–Trinajstić information content (AvgIpc) is 2.26. The van der Waals surface area contributed by atoms with E-state index in [1.54, 1.807) is 13.2 Å². The molecule has 102 valence electrons. The zero-order chi connectivity index (χ0) is 13.9. The number of nitrogen functional groups attached to an aromatic ring is 1. The Bertz CT molecular complexity index is 400. The van der Waals surface area contributed by atoms with E-state index in [9.17, 15) is 0 Å². The lowest BCUT2D eigenvalue weighted by Gasteiger charge is -2.27. The van der Waals surface area contributed by atoms with E-state index in [-0.39, 0.29) is 11.5 Å². The molecule has 18 heavy (non-hydrogen) atoms. The van der Waals surface area contributed by atoms with Crippen molar-refractivity contribution in [3.63, 3.8) is 0 Å². The van der Waals surface area contributed by atoms with Gasteiger partial charge in [0.05, 0.1) is 12.6 Å². The second-order valence-electron chi connectivity index (χ2n) is 5.64. The highest BCUT2D eigenvalue weighted by Gasteiger charge is 2.20. The van der Waals surface area contributed by atoms with Crippen LogP contribution < -0.4 is 10.6 Å². The van der Waals surface area contributed by atoms with Crippen LogP contribution in [0, 0.1) is 0 Å². The van der Waals surface area contributed by atoms with Crippen LogP contribution in [-0.2, 0) is 10.2 Å². The number of anilines is 2. The van der Waals surface area contributed by atoms with Crippen molar-refractivity contribution in [3.05, 3.63) is 11.9 Å². The molecule has 0 spiro atoms. The van der Waals surface area contributed by atoms with Gasteiger partial charge in [0.2, 0.25) is 0 Å². The van der Waals surface area contributed by atoms with Gasteiger partial charge in [-0.3, -0.25) is 0 Å². The lowest BCUT2D eigenvalue weighted by Crippen LogP contribution is -2.34. The second-order valence-corrected chi connectivity index (χ2v) is 5.64. The van der Waals surface area contributed by atoms with Crippen LogP contribution in [0.1, 0.15) is 33.5 Å². The fourth-order valence-corrected chi connectivity index (χ4v) is 1.55. The Morgan fingerprint density at radius 2 is 2.00 bits per heavy atom. The van der Waals surface area contributed by atoms with Gasteiger partial charge < -0.3 is 15.4 Å². The molecule has 2 N–H and O–H groups in total. The van der Waals surface area contributed by atoms with Gasteiger partial charge >= 0.3 is 0 Å². The fraction of sp³-hybridized carbons (Fsp3) is 0.692. The van der Waals surface area contributed by atoms with Gasteiger partial charge in [0, 0.05) is 25.6 Å². The van der Waals surface area contributed by atoms with E-state index in [0.717, 1.165) is 11.6 Å². The first-order valence-corrected chi connectivity index (χ1v) is 6.12. The molecule has 0 aliphatic heterocycles. The topological polar surface area (TPSA) is 64.3 Å². The summed E-state index contributed by atoms with van der Waals surface area (Å²) in [4.78, 5) is 10.9. The van der Waals surface area contributed by atoms with Crippen LogP contribution in [0.15, 0.2) is 6.07 Å². The molecular formula is C13H24N4O. The minimum atomic E-state index is -0.116. The summed E-state index contributed by atoms with van der Waals surface area (Å²) in [5, 5.41) is 0. The number of rotatable bonds is 4. The summed E-state index contributed by atoms with van der Waals surface area (Å²) >= 11 is 0. The number of hydrogen-bond donors (Lipinski definition) is 1. The van der Waals surface area contributed by atoms with E-state index >= 15 is 0 Å². The predicted molar refractivity (Wildman–Crippen MR) is 74.9 cm³/mol. The maximum atomic E-state index is 5.86. The Hall–Kier alpha value is -1.36. The molecule has 0 fully saturated rings. The average molecular weight is 252 g/mol. The van der Waals surface area contributed by atoms with E-state index < -0.39 is 0 Å². The molecule has 0 aliphatic carbocycles. The van der Waals surface area contributed by atoms with Crippen molar-refractivity contribution in [2.45, 2.75) is 39.2 Å². The summed E-state index contributed by atoms with van der Waals surface area (Å²) in [7, 11) is 3.68. The normalized spacial score (nSPS) is 13.4. The van der Waals surface area contributed by atoms with E-state index in [4.69, 9.17) is 10.5 Å². The molecule has 1 rings (SSSR count). The highest BCUT2D eigenvalue weighted by atomic mass is 16.5. The zero-order valence-electron chi connectivity index (χ0n) is 12.2.